The molecule has 0 spiro atoms. The number of hydrogen-bond acceptors (Lipinski definition) is 3. The standard InChI is InChI=1S/C12H20ClN3/c1-2-3-4-5-6-7-10-14-12-9-8-11(13)15-16-12/h8-9H,2-7,10H2,1H3,(H,14,16). The minimum absolute atomic E-state index is 0.435. The summed E-state index contributed by atoms with van der Waals surface area (Å²) in [6.45, 7) is 3.20. The number of rotatable bonds is 8. The third kappa shape index (κ3) is 5.91. The van der Waals surface area contributed by atoms with E-state index in [4.69, 9.17) is 11.6 Å². The second-order valence-electron chi connectivity index (χ2n) is 3.94. The molecule has 0 atom stereocenters. The highest BCUT2D eigenvalue weighted by Crippen LogP contribution is 2.07. The van der Waals surface area contributed by atoms with Crippen molar-refractivity contribution >= 4 is 17.4 Å². The first-order valence-electron chi connectivity index (χ1n) is 6.06. The smallest absolute Gasteiger partial charge is 0.151 e. The van der Waals surface area contributed by atoms with Crippen molar-refractivity contribution in [2.24, 2.45) is 0 Å². The molecule has 3 nitrogen and oxygen atoms in total. The van der Waals surface area contributed by atoms with Crippen LogP contribution in [0.1, 0.15) is 45.4 Å². The van der Waals surface area contributed by atoms with E-state index in [0.29, 0.717) is 5.15 Å². The summed E-state index contributed by atoms with van der Waals surface area (Å²) in [5.41, 5.74) is 0. The van der Waals surface area contributed by atoms with Gasteiger partial charge >= 0.3 is 0 Å². The predicted molar refractivity (Wildman–Crippen MR) is 68.9 cm³/mol. The molecular formula is C12H20ClN3. The number of unbranched alkanes of at least 4 members (excludes halogenated alkanes) is 5. The Morgan fingerprint density at radius 1 is 1.06 bits per heavy atom. The van der Waals surface area contributed by atoms with Gasteiger partial charge in [-0.25, -0.2) is 0 Å². The van der Waals surface area contributed by atoms with Crippen LogP contribution in [-0.2, 0) is 0 Å². The van der Waals surface area contributed by atoms with Crippen LogP contribution in [0.5, 0.6) is 0 Å². The molecule has 0 bridgehead atoms. The number of hydrogen-bond donors (Lipinski definition) is 1. The van der Waals surface area contributed by atoms with Crippen molar-refractivity contribution in [3.8, 4) is 0 Å². The normalized spacial score (nSPS) is 10.4. The lowest BCUT2D eigenvalue weighted by Crippen LogP contribution is -2.03. The van der Waals surface area contributed by atoms with Gasteiger partial charge in [0.1, 0.15) is 5.82 Å². The molecule has 0 saturated heterocycles. The zero-order valence-corrected chi connectivity index (χ0v) is 10.6. The number of aromatic nitrogens is 2. The Morgan fingerprint density at radius 2 is 1.81 bits per heavy atom. The molecule has 1 N–H and O–H groups in total. The largest absolute Gasteiger partial charge is 0.369 e. The molecule has 4 heteroatoms. The van der Waals surface area contributed by atoms with Gasteiger partial charge in [-0.3, -0.25) is 0 Å². The van der Waals surface area contributed by atoms with Crippen molar-refractivity contribution in [1.82, 2.24) is 10.2 Å². The molecule has 0 radical (unpaired) electrons. The van der Waals surface area contributed by atoms with Gasteiger partial charge in [-0.05, 0) is 18.6 Å². The highest BCUT2D eigenvalue weighted by atomic mass is 35.5. The van der Waals surface area contributed by atoms with Crippen molar-refractivity contribution in [3.63, 3.8) is 0 Å². The third-order valence-electron chi connectivity index (χ3n) is 2.47. The van der Waals surface area contributed by atoms with Gasteiger partial charge in [-0.1, -0.05) is 50.6 Å². The van der Waals surface area contributed by atoms with Gasteiger partial charge in [0, 0.05) is 6.54 Å². The second-order valence-corrected chi connectivity index (χ2v) is 4.32. The topological polar surface area (TPSA) is 37.8 Å². The Labute approximate surface area is 103 Å². The van der Waals surface area contributed by atoms with Crippen LogP contribution in [0.4, 0.5) is 5.82 Å². The Balaban J connectivity index is 2.01. The van der Waals surface area contributed by atoms with Crippen LogP contribution >= 0.6 is 11.6 Å². The monoisotopic (exact) mass is 241 g/mol. The number of nitrogens with zero attached hydrogens (tertiary/aromatic N) is 2. The van der Waals surface area contributed by atoms with Gasteiger partial charge in [-0.2, -0.15) is 0 Å². The molecule has 1 aromatic heterocycles. The average molecular weight is 242 g/mol. The molecule has 0 aliphatic heterocycles. The maximum absolute atomic E-state index is 5.64. The van der Waals surface area contributed by atoms with Crippen LogP contribution in [0.2, 0.25) is 5.15 Å². The Bertz CT molecular complexity index is 274. The summed E-state index contributed by atoms with van der Waals surface area (Å²) in [7, 11) is 0. The Kier molecular flexibility index (Phi) is 6.90. The van der Waals surface area contributed by atoms with Crippen molar-refractivity contribution in [2.75, 3.05) is 11.9 Å². The maximum atomic E-state index is 5.64. The molecule has 90 valence electrons. The fourth-order valence-corrected chi connectivity index (χ4v) is 1.63. The SMILES string of the molecule is CCCCCCCCNc1ccc(Cl)nn1. The maximum Gasteiger partial charge on any atom is 0.151 e. The first kappa shape index (κ1) is 13.2. The lowest BCUT2D eigenvalue weighted by molar-refractivity contribution is 0.616. The van der Waals surface area contributed by atoms with Crippen LogP contribution in [0.25, 0.3) is 0 Å². The van der Waals surface area contributed by atoms with E-state index < -0.39 is 0 Å². The van der Waals surface area contributed by atoms with E-state index in [9.17, 15) is 0 Å². The lowest BCUT2D eigenvalue weighted by atomic mass is 10.1. The molecule has 0 aromatic carbocycles. The Morgan fingerprint density at radius 3 is 2.50 bits per heavy atom. The van der Waals surface area contributed by atoms with E-state index >= 15 is 0 Å². The molecule has 0 fully saturated rings. The van der Waals surface area contributed by atoms with Gasteiger partial charge in [-0.15, -0.1) is 10.2 Å². The summed E-state index contributed by atoms with van der Waals surface area (Å²) in [4.78, 5) is 0. The minimum atomic E-state index is 0.435. The summed E-state index contributed by atoms with van der Waals surface area (Å²) in [5.74, 6) is 0.804. The van der Waals surface area contributed by atoms with Gasteiger partial charge < -0.3 is 5.32 Å². The number of anilines is 1. The summed E-state index contributed by atoms with van der Waals surface area (Å²) < 4.78 is 0. The summed E-state index contributed by atoms with van der Waals surface area (Å²) in [5, 5.41) is 11.4. The second kappa shape index (κ2) is 8.34. The number of halogens is 1. The summed E-state index contributed by atoms with van der Waals surface area (Å²) in [6, 6.07) is 3.60. The van der Waals surface area contributed by atoms with Crippen molar-refractivity contribution < 1.29 is 0 Å². The van der Waals surface area contributed by atoms with Gasteiger partial charge in [0.2, 0.25) is 0 Å². The van der Waals surface area contributed by atoms with E-state index in [2.05, 4.69) is 22.4 Å². The predicted octanol–water partition coefficient (Wildman–Crippen LogP) is 3.90. The van der Waals surface area contributed by atoms with Gasteiger partial charge in [0.15, 0.2) is 5.15 Å². The van der Waals surface area contributed by atoms with Crippen molar-refractivity contribution in [2.45, 2.75) is 45.4 Å². The fraction of sp³-hybridized carbons (Fsp3) is 0.667. The molecule has 0 aliphatic rings. The molecule has 0 unspecified atom stereocenters. The van der Waals surface area contributed by atoms with Gasteiger partial charge in [0.05, 0.1) is 0 Å². The highest BCUT2D eigenvalue weighted by Gasteiger charge is 1.94. The third-order valence-corrected chi connectivity index (χ3v) is 2.67. The molecule has 0 amide bonds. The van der Waals surface area contributed by atoms with E-state index in [1.54, 1.807) is 6.07 Å². The molecular weight excluding hydrogens is 222 g/mol. The molecule has 1 rings (SSSR count). The number of nitrogens with one attached hydrogen (secondary N) is 1. The van der Waals surface area contributed by atoms with Crippen molar-refractivity contribution in [1.29, 1.82) is 0 Å². The molecule has 1 heterocycles. The van der Waals surface area contributed by atoms with E-state index in [0.717, 1.165) is 12.4 Å². The molecule has 1 aromatic rings. The molecule has 0 saturated carbocycles. The minimum Gasteiger partial charge on any atom is -0.369 e. The summed E-state index contributed by atoms with van der Waals surface area (Å²) >= 11 is 5.64. The average Bonchev–Trinajstić information content (AvgIpc) is 2.30. The van der Waals surface area contributed by atoms with Crippen LogP contribution in [0.3, 0.4) is 0 Å². The Hall–Kier alpha value is -0.830. The summed E-state index contributed by atoms with van der Waals surface area (Å²) in [6.07, 6.45) is 7.83. The lowest BCUT2D eigenvalue weighted by Gasteiger charge is -2.04. The molecule has 16 heavy (non-hydrogen) atoms. The zero-order chi connectivity index (χ0) is 11.6. The fourth-order valence-electron chi connectivity index (χ4n) is 1.53. The van der Waals surface area contributed by atoms with E-state index in [1.807, 2.05) is 6.07 Å². The quantitative estimate of drug-likeness (QED) is 0.702. The van der Waals surface area contributed by atoms with Crippen LogP contribution in [0.15, 0.2) is 12.1 Å². The van der Waals surface area contributed by atoms with Gasteiger partial charge in [0.25, 0.3) is 0 Å². The molecule has 0 aliphatic carbocycles. The highest BCUT2D eigenvalue weighted by molar-refractivity contribution is 6.29. The van der Waals surface area contributed by atoms with E-state index in [1.165, 1.54) is 38.5 Å². The first-order chi connectivity index (χ1) is 7.83. The zero-order valence-electron chi connectivity index (χ0n) is 9.88. The van der Waals surface area contributed by atoms with E-state index in [-0.39, 0.29) is 0 Å². The van der Waals surface area contributed by atoms with Crippen LogP contribution < -0.4 is 5.32 Å². The first-order valence-corrected chi connectivity index (χ1v) is 6.44. The van der Waals surface area contributed by atoms with Crippen molar-refractivity contribution in [3.05, 3.63) is 17.3 Å². The van der Waals surface area contributed by atoms with Crippen LogP contribution in [-0.4, -0.2) is 16.7 Å². The van der Waals surface area contributed by atoms with Crippen LogP contribution in [0, 0.1) is 0 Å².